The van der Waals surface area contributed by atoms with Crippen LogP contribution < -0.4 is 5.73 Å². The molecule has 2 N–H and O–H groups in total. The zero-order valence-corrected chi connectivity index (χ0v) is 14.5. The molecule has 126 valence electrons. The van der Waals surface area contributed by atoms with Gasteiger partial charge in [-0.2, -0.15) is 0 Å². The second kappa shape index (κ2) is 7.24. The van der Waals surface area contributed by atoms with Gasteiger partial charge in [0.25, 0.3) is 5.91 Å². The van der Waals surface area contributed by atoms with Gasteiger partial charge in [-0.1, -0.05) is 41.9 Å². The fourth-order valence-corrected chi connectivity index (χ4v) is 3.33. The Balaban J connectivity index is 1.64. The van der Waals surface area contributed by atoms with Gasteiger partial charge in [-0.05, 0) is 30.7 Å². The van der Waals surface area contributed by atoms with Crippen molar-refractivity contribution in [2.24, 2.45) is 0 Å². The Morgan fingerprint density at radius 2 is 1.75 bits per heavy atom. The van der Waals surface area contributed by atoms with Crippen LogP contribution in [0.2, 0.25) is 5.02 Å². The maximum absolute atomic E-state index is 12.7. The van der Waals surface area contributed by atoms with E-state index in [4.69, 9.17) is 17.3 Å². The molecular weight excluding hydrogens is 322 g/mol. The Kier molecular flexibility index (Phi) is 5.07. The number of carbonyl (C=O) groups is 1. The lowest BCUT2D eigenvalue weighted by atomic mass is 10.1. The van der Waals surface area contributed by atoms with Crippen molar-refractivity contribution in [3.05, 3.63) is 64.7 Å². The van der Waals surface area contributed by atoms with Crippen molar-refractivity contribution < 1.29 is 4.79 Å². The zero-order chi connectivity index (χ0) is 17.1. The summed E-state index contributed by atoms with van der Waals surface area (Å²) >= 11 is 6.16. The molecule has 1 heterocycles. The van der Waals surface area contributed by atoms with Crippen LogP contribution in [0.5, 0.6) is 0 Å². The number of nitrogen functional groups attached to an aromatic ring is 1. The van der Waals surface area contributed by atoms with Gasteiger partial charge in [0.2, 0.25) is 0 Å². The SMILES string of the molecule is CC(c1ccccc1)N1CCN(C(=O)c2cc(N)ccc2Cl)CC1. The second-order valence-electron chi connectivity index (χ2n) is 6.15. The monoisotopic (exact) mass is 343 g/mol. The third-order valence-corrected chi connectivity index (χ3v) is 4.98. The Bertz CT molecular complexity index is 712. The first-order valence-electron chi connectivity index (χ1n) is 8.19. The first-order chi connectivity index (χ1) is 11.6. The number of halogens is 1. The summed E-state index contributed by atoms with van der Waals surface area (Å²) in [5.41, 5.74) is 8.13. The van der Waals surface area contributed by atoms with Crippen LogP contribution in [0.15, 0.2) is 48.5 Å². The first kappa shape index (κ1) is 16.8. The van der Waals surface area contributed by atoms with E-state index in [0.29, 0.717) is 35.4 Å². The number of hydrogen-bond donors (Lipinski definition) is 1. The Morgan fingerprint density at radius 3 is 2.42 bits per heavy atom. The number of carbonyl (C=O) groups excluding carboxylic acids is 1. The van der Waals surface area contributed by atoms with Crippen molar-refractivity contribution in [2.75, 3.05) is 31.9 Å². The van der Waals surface area contributed by atoms with Gasteiger partial charge in [-0.3, -0.25) is 9.69 Å². The zero-order valence-electron chi connectivity index (χ0n) is 13.8. The highest BCUT2D eigenvalue weighted by molar-refractivity contribution is 6.34. The molecule has 2 aromatic carbocycles. The fourth-order valence-electron chi connectivity index (χ4n) is 3.13. The van der Waals surface area contributed by atoms with Crippen LogP contribution in [0, 0.1) is 0 Å². The molecule has 4 nitrogen and oxygen atoms in total. The lowest BCUT2D eigenvalue weighted by Crippen LogP contribution is -2.49. The van der Waals surface area contributed by atoms with Crippen molar-refractivity contribution in [3.8, 4) is 0 Å². The standard InChI is InChI=1S/C19H22ClN3O/c1-14(15-5-3-2-4-6-15)22-9-11-23(12-10-22)19(24)17-13-16(21)7-8-18(17)20/h2-8,13-14H,9-12,21H2,1H3. The van der Waals surface area contributed by atoms with Crippen LogP contribution in [-0.4, -0.2) is 41.9 Å². The molecule has 2 aromatic rings. The van der Waals surface area contributed by atoms with Crippen molar-refractivity contribution in [1.29, 1.82) is 0 Å². The van der Waals surface area contributed by atoms with Gasteiger partial charge in [-0.15, -0.1) is 0 Å². The summed E-state index contributed by atoms with van der Waals surface area (Å²) < 4.78 is 0. The van der Waals surface area contributed by atoms with Gasteiger partial charge in [0, 0.05) is 37.9 Å². The van der Waals surface area contributed by atoms with E-state index >= 15 is 0 Å². The third kappa shape index (κ3) is 3.55. The van der Waals surface area contributed by atoms with Crippen LogP contribution >= 0.6 is 11.6 Å². The number of piperazine rings is 1. The van der Waals surface area contributed by atoms with Gasteiger partial charge in [0.05, 0.1) is 10.6 Å². The van der Waals surface area contributed by atoms with Gasteiger partial charge in [0.1, 0.15) is 0 Å². The molecule has 24 heavy (non-hydrogen) atoms. The summed E-state index contributed by atoms with van der Waals surface area (Å²) in [6.45, 7) is 5.30. The number of anilines is 1. The molecule has 1 aliphatic rings. The second-order valence-corrected chi connectivity index (χ2v) is 6.56. The minimum atomic E-state index is -0.0423. The molecular formula is C19H22ClN3O. The summed E-state index contributed by atoms with van der Waals surface area (Å²) in [5.74, 6) is -0.0423. The first-order valence-corrected chi connectivity index (χ1v) is 8.57. The van der Waals surface area contributed by atoms with E-state index in [1.165, 1.54) is 5.56 Å². The van der Waals surface area contributed by atoms with Gasteiger partial charge < -0.3 is 10.6 Å². The minimum Gasteiger partial charge on any atom is -0.399 e. The Morgan fingerprint density at radius 1 is 1.08 bits per heavy atom. The van der Waals surface area contributed by atoms with E-state index in [0.717, 1.165) is 13.1 Å². The summed E-state index contributed by atoms with van der Waals surface area (Å²) in [4.78, 5) is 16.9. The summed E-state index contributed by atoms with van der Waals surface area (Å²) in [5, 5.41) is 0.453. The van der Waals surface area contributed by atoms with Crippen molar-refractivity contribution in [3.63, 3.8) is 0 Å². The highest BCUT2D eigenvalue weighted by Crippen LogP contribution is 2.24. The van der Waals surface area contributed by atoms with Gasteiger partial charge in [0.15, 0.2) is 0 Å². The molecule has 1 saturated heterocycles. The number of nitrogens with zero attached hydrogens (tertiary/aromatic N) is 2. The van der Waals surface area contributed by atoms with Crippen LogP contribution in [0.25, 0.3) is 0 Å². The smallest absolute Gasteiger partial charge is 0.255 e. The van der Waals surface area contributed by atoms with Crippen molar-refractivity contribution >= 4 is 23.2 Å². The predicted molar refractivity (Wildman–Crippen MR) is 98.2 cm³/mol. The highest BCUT2D eigenvalue weighted by Gasteiger charge is 2.26. The molecule has 1 atom stereocenters. The maximum Gasteiger partial charge on any atom is 0.255 e. The van der Waals surface area contributed by atoms with Crippen LogP contribution in [-0.2, 0) is 0 Å². The molecule has 0 spiro atoms. The average Bonchev–Trinajstić information content (AvgIpc) is 2.63. The third-order valence-electron chi connectivity index (χ3n) is 4.65. The molecule has 1 aliphatic heterocycles. The predicted octanol–water partition coefficient (Wildman–Crippen LogP) is 3.44. The largest absolute Gasteiger partial charge is 0.399 e. The molecule has 1 amide bonds. The number of rotatable bonds is 3. The molecule has 0 saturated carbocycles. The van der Waals surface area contributed by atoms with E-state index in [1.54, 1.807) is 18.2 Å². The van der Waals surface area contributed by atoms with Crippen LogP contribution in [0.4, 0.5) is 5.69 Å². The minimum absolute atomic E-state index is 0.0423. The number of hydrogen-bond acceptors (Lipinski definition) is 3. The lowest BCUT2D eigenvalue weighted by molar-refractivity contribution is 0.0582. The van der Waals surface area contributed by atoms with E-state index in [-0.39, 0.29) is 5.91 Å². The molecule has 0 aliphatic carbocycles. The molecule has 0 bridgehead atoms. The van der Waals surface area contributed by atoms with E-state index < -0.39 is 0 Å². The van der Waals surface area contributed by atoms with Crippen LogP contribution in [0.3, 0.4) is 0 Å². The molecule has 0 radical (unpaired) electrons. The quantitative estimate of drug-likeness (QED) is 0.868. The molecule has 5 heteroatoms. The van der Waals surface area contributed by atoms with Crippen molar-refractivity contribution in [1.82, 2.24) is 9.80 Å². The highest BCUT2D eigenvalue weighted by atomic mass is 35.5. The average molecular weight is 344 g/mol. The topological polar surface area (TPSA) is 49.6 Å². The molecule has 1 fully saturated rings. The Labute approximate surface area is 147 Å². The summed E-state index contributed by atoms with van der Waals surface area (Å²) in [7, 11) is 0. The van der Waals surface area contributed by atoms with Crippen molar-refractivity contribution in [2.45, 2.75) is 13.0 Å². The van der Waals surface area contributed by atoms with Crippen LogP contribution in [0.1, 0.15) is 28.9 Å². The summed E-state index contributed by atoms with van der Waals surface area (Å²) in [6, 6.07) is 15.8. The van der Waals surface area contributed by atoms with E-state index in [2.05, 4.69) is 36.1 Å². The van der Waals surface area contributed by atoms with E-state index in [9.17, 15) is 4.79 Å². The van der Waals surface area contributed by atoms with E-state index in [1.807, 2.05) is 11.0 Å². The lowest BCUT2D eigenvalue weighted by Gasteiger charge is -2.38. The number of nitrogens with two attached hydrogens (primary N) is 1. The molecule has 1 unspecified atom stereocenters. The maximum atomic E-state index is 12.7. The molecule has 0 aromatic heterocycles. The number of benzene rings is 2. The molecule has 3 rings (SSSR count). The number of amides is 1. The van der Waals surface area contributed by atoms with Gasteiger partial charge in [-0.25, -0.2) is 0 Å². The Hall–Kier alpha value is -2.04. The fraction of sp³-hybridized carbons (Fsp3) is 0.316. The summed E-state index contributed by atoms with van der Waals surface area (Å²) in [6.07, 6.45) is 0. The normalized spacial score (nSPS) is 16.8. The van der Waals surface area contributed by atoms with Gasteiger partial charge >= 0.3 is 0 Å².